The van der Waals surface area contributed by atoms with Gasteiger partial charge in [0.1, 0.15) is 5.52 Å². The first-order valence-electron chi connectivity index (χ1n) is 6.42. The van der Waals surface area contributed by atoms with Crippen molar-refractivity contribution in [3.8, 4) is 0 Å². The summed E-state index contributed by atoms with van der Waals surface area (Å²) in [6, 6.07) is 5.29. The first kappa shape index (κ1) is 14.0. The van der Waals surface area contributed by atoms with Crippen LogP contribution in [0.2, 0.25) is 0 Å². The van der Waals surface area contributed by atoms with Crippen molar-refractivity contribution < 1.29 is 14.0 Å². The molecule has 0 atom stereocenters. The van der Waals surface area contributed by atoms with E-state index in [1.165, 1.54) is 6.92 Å². The van der Waals surface area contributed by atoms with Crippen molar-refractivity contribution in [1.82, 2.24) is 4.98 Å². The van der Waals surface area contributed by atoms with Crippen molar-refractivity contribution >= 4 is 34.6 Å². The highest BCUT2D eigenvalue weighted by molar-refractivity contribution is 5.92. The predicted octanol–water partition coefficient (Wildman–Crippen LogP) is 2.77. The van der Waals surface area contributed by atoms with Gasteiger partial charge in [0.15, 0.2) is 5.58 Å². The quantitative estimate of drug-likeness (QED) is 0.898. The molecule has 0 fully saturated rings. The molecule has 0 aliphatic carbocycles. The minimum atomic E-state index is -0.158. The van der Waals surface area contributed by atoms with Crippen LogP contribution in [-0.2, 0) is 9.59 Å². The molecule has 2 rings (SSSR count). The monoisotopic (exact) mass is 275 g/mol. The summed E-state index contributed by atoms with van der Waals surface area (Å²) in [5.41, 5.74) is 1.76. The Morgan fingerprint density at radius 3 is 2.70 bits per heavy atom. The Labute approximate surface area is 116 Å². The van der Waals surface area contributed by atoms with Crippen molar-refractivity contribution in [3.63, 3.8) is 0 Å². The molecule has 2 aromatic rings. The van der Waals surface area contributed by atoms with Crippen LogP contribution in [0.3, 0.4) is 0 Å². The lowest BCUT2D eigenvalue weighted by Crippen LogP contribution is -2.13. The maximum atomic E-state index is 11.6. The van der Waals surface area contributed by atoms with E-state index in [2.05, 4.69) is 15.6 Å². The van der Waals surface area contributed by atoms with E-state index >= 15 is 0 Å². The number of rotatable bonds is 4. The zero-order valence-corrected chi connectivity index (χ0v) is 11.7. The van der Waals surface area contributed by atoms with Crippen LogP contribution < -0.4 is 10.6 Å². The summed E-state index contributed by atoms with van der Waals surface area (Å²) in [4.78, 5) is 26.8. The predicted molar refractivity (Wildman–Crippen MR) is 76.4 cm³/mol. The maximum Gasteiger partial charge on any atom is 0.302 e. The van der Waals surface area contributed by atoms with Crippen molar-refractivity contribution in [2.45, 2.75) is 27.2 Å². The van der Waals surface area contributed by atoms with E-state index < -0.39 is 0 Å². The van der Waals surface area contributed by atoms with Gasteiger partial charge in [0.25, 0.3) is 0 Å². The average molecular weight is 275 g/mol. The van der Waals surface area contributed by atoms with Crippen LogP contribution in [0.1, 0.15) is 27.2 Å². The van der Waals surface area contributed by atoms with Gasteiger partial charge in [0.2, 0.25) is 11.8 Å². The molecule has 1 aromatic heterocycles. The molecule has 6 nitrogen and oxygen atoms in total. The summed E-state index contributed by atoms with van der Waals surface area (Å²) in [7, 11) is 0. The van der Waals surface area contributed by atoms with Gasteiger partial charge in [-0.1, -0.05) is 13.8 Å². The van der Waals surface area contributed by atoms with E-state index in [0.29, 0.717) is 23.2 Å². The molecular weight excluding hydrogens is 258 g/mol. The van der Waals surface area contributed by atoms with Crippen molar-refractivity contribution in [2.24, 2.45) is 5.92 Å². The van der Waals surface area contributed by atoms with Crippen LogP contribution >= 0.6 is 0 Å². The van der Waals surface area contributed by atoms with Crippen molar-refractivity contribution in [3.05, 3.63) is 18.2 Å². The number of carbonyl (C=O) groups excluding carboxylic acids is 2. The molecular formula is C14H17N3O3. The third-order valence-electron chi connectivity index (χ3n) is 2.55. The zero-order chi connectivity index (χ0) is 14.7. The van der Waals surface area contributed by atoms with E-state index in [-0.39, 0.29) is 23.7 Å². The number of aromatic nitrogens is 1. The van der Waals surface area contributed by atoms with Crippen LogP contribution in [0.15, 0.2) is 22.6 Å². The van der Waals surface area contributed by atoms with Crippen molar-refractivity contribution in [2.75, 3.05) is 10.6 Å². The molecule has 1 aromatic carbocycles. The largest absolute Gasteiger partial charge is 0.423 e. The Morgan fingerprint density at radius 2 is 2.05 bits per heavy atom. The highest BCUT2D eigenvalue weighted by atomic mass is 16.4. The minimum absolute atomic E-state index is 0.131. The highest BCUT2D eigenvalue weighted by Gasteiger charge is 2.11. The second-order valence-electron chi connectivity index (χ2n) is 5.03. The van der Waals surface area contributed by atoms with Gasteiger partial charge >= 0.3 is 6.01 Å². The first-order chi connectivity index (χ1) is 9.44. The smallest absolute Gasteiger partial charge is 0.302 e. The normalized spacial score (nSPS) is 10.8. The third kappa shape index (κ3) is 3.57. The Morgan fingerprint density at radius 1 is 1.30 bits per heavy atom. The van der Waals surface area contributed by atoms with Gasteiger partial charge in [-0.25, -0.2) is 0 Å². The Bertz CT molecular complexity index is 646. The van der Waals surface area contributed by atoms with Crippen LogP contribution in [0.5, 0.6) is 0 Å². The summed E-state index contributed by atoms with van der Waals surface area (Å²) in [6.07, 6.45) is 0.413. The fourth-order valence-electron chi connectivity index (χ4n) is 1.80. The Balaban J connectivity index is 2.16. The Hall–Kier alpha value is -2.37. The standard InChI is InChI=1S/C14H17N3O3/c1-8(2)6-13(19)17-14-16-11-5-4-10(15-9(3)18)7-12(11)20-14/h4-5,7-8H,6H2,1-3H3,(H,15,18)(H,16,17,19). The van der Waals surface area contributed by atoms with Crippen LogP contribution in [0.25, 0.3) is 11.1 Å². The topological polar surface area (TPSA) is 84.2 Å². The lowest BCUT2D eigenvalue weighted by Gasteiger charge is -2.02. The van der Waals surface area contributed by atoms with E-state index in [1.54, 1.807) is 18.2 Å². The molecule has 2 N–H and O–H groups in total. The number of oxazole rings is 1. The van der Waals surface area contributed by atoms with Gasteiger partial charge in [0.05, 0.1) is 0 Å². The number of carbonyl (C=O) groups is 2. The van der Waals surface area contributed by atoms with Gasteiger partial charge < -0.3 is 9.73 Å². The molecule has 0 unspecified atom stereocenters. The third-order valence-corrected chi connectivity index (χ3v) is 2.55. The molecule has 2 amide bonds. The van der Waals surface area contributed by atoms with Crippen molar-refractivity contribution in [1.29, 1.82) is 0 Å². The molecule has 0 aliphatic rings. The van der Waals surface area contributed by atoms with Gasteiger partial charge in [-0.15, -0.1) is 0 Å². The van der Waals surface area contributed by atoms with Gasteiger partial charge in [-0.2, -0.15) is 4.98 Å². The molecule has 6 heteroatoms. The minimum Gasteiger partial charge on any atom is -0.423 e. The van der Waals surface area contributed by atoms with E-state index in [1.807, 2.05) is 13.8 Å². The number of fused-ring (bicyclic) bond motifs is 1. The van der Waals surface area contributed by atoms with E-state index in [4.69, 9.17) is 4.42 Å². The summed E-state index contributed by atoms with van der Waals surface area (Å²) in [5.74, 6) is -0.0197. The maximum absolute atomic E-state index is 11.6. The number of amides is 2. The molecule has 106 valence electrons. The molecule has 0 saturated carbocycles. The summed E-state index contributed by atoms with van der Waals surface area (Å²) < 4.78 is 5.45. The molecule has 0 bridgehead atoms. The molecule has 0 spiro atoms. The number of benzene rings is 1. The lowest BCUT2D eigenvalue weighted by atomic mass is 10.1. The SMILES string of the molecule is CC(=O)Nc1ccc2nc(NC(=O)CC(C)C)oc2c1. The molecule has 0 radical (unpaired) electrons. The number of hydrogen-bond acceptors (Lipinski definition) is 4. The van der Waals surface area contributed by atoms with Gasteiger partial charge in [0, 0.05) is 25.1 Å². The second-order valence-corrected chi connectivity index (χ2v) is 5.03. The zero-order valence-electron chi connectivity index (χ0n) is 11.7. The fourth-order valence-corrected chi connectivity index (χ4v) is 1.80. The van der Waals surface area contributed by atoms with Gasteiger partial charge in [-0.05, 0) is 18.1 Å². The Kier molecular flexibility index (Phi) is 4.02. The van der Waals surface area contributed by atoms with Crippen LogP contribution in [-0.4, -0.2) is 16.8 Å². The van der Waals surface area contributed by atoms with E-state index in [0.717, 1.165) is 0 Å². The second kappa shape index (κ2) is 5.73. The highest BCUT2D eigenvalue weighted by Crippen LogP contribution is 2.22. The molecule has 1 heterocycles. The summed E-state index contributed by atoms with van der Waals surface area (Å²) in [5, 5.41) is 5.28. The van der Waals surface area contributed by atoms with Crippen LogP contribution in [0, 0.1) is 5.92 Å². The molecule has 20 heavy (non-hydrogen) atoms. The average Bonchev–Trinajstić information content (AvgIpc) is 2.67. The number of anilines is 2. The fraction of sp³-hybridized carbons (Fsp3) is 0.357. The summed E-state index contributed by atoms with van der Waals surface area (Å²) in [6.45, 7) is 5.36. The van der Waals surface area contributed by atoms with Crippen LogP contribution in [0.4, 0.5) is 11.7 Å². The number of hydrogen-bond donors (Lipinski definition) is 2. The van der Waals surface area contributed by atoms with Gasteiger partial charge in [-0.3, -0.25) is 14.9 Å². The number of nitrogens with one attached hydrogen (secondary N) is 2. The molecule has 0 saturated heterocycles. The summed E-state index contributed by atoms with van der Waals surface area (Å²) >= 11 is 0. The number of nitrogens with zero attached hydrogens (tertiary/aromatic N) is 1. The first-order valence-corrected chi connectivity index (χ1v) is 6.42. The van der Waals surface area contributed by atoms with E-state index in [9.17, 15) is 9.59 Å². The lowest BCUT2D eigenvalue weighted by molar-refractivity contribution is -0.117. The molecule has 0 aliphatic heterocycles.